The van der Waals surface area contributed by atoms with Crippen LogP contribution in [0.1, 0.15) is 44.1 Å². The molecule has 0 unspecified atom stereocenters. The van der Waals surface area contributed by atoms with Gasteiger partial charge in [0.05, 0.1) is 24.0 Å². The third-order valence-corrected chi connectivity index (χ3v) is 8.88. The van der Waals surface area contributed by atoms with Gasteiger partial charge in [0.2, 0.25) is 0 Å². The number of rotatable bonds is 11. The van der Waals surface area contributed by atoms with Crippen molar-refractivity contribution in [3.63, 3.8) is 0 Å². The van der Waals surface area contributed by atoms with Crippen LogP contribution >= 0.6 is 23.3 Å². The second kappa shape index (κ2) is 11.5. The molecule has 0 aliphatic heterocycles. The Bertz CT molecular complexity index is 1260. The summed E-state index contributed by atoms with van der Waals surface area (Å²) in [7, 11) is -0.629. The first-order chi connectivity index (χ1) is 16.6. The molecular formula is C26H32N2O4S3. The number of aromatic nitrogens is 1. The Morgan fingerprint density at radius 3 is 2.37 bits per heavy atom. The summed E-state index contributed by atoms with van der Waals surface area (Å²) in [5.41, 5.74) is 1.01. The summed E-state index contributed by atoms with van der Waals surface area (Å²) in [4.78, 5) is 2.91. The maximum Gasteiger partial charge on any atom is 0.263 e. The molecule has 0 saturated heterocycles. The molecule has 0 spiro atoms. The third kappa shape index (κ3) is 6.80. The van der Waals surface area contributed by atoms with E-state index in [4.69, 9.17) is 9.47 Å². The van der Waals surface area contributed by atoms with Gasteiger partial charge >= 0.3 is 0 Å². The zero-order valence-electron chi connectivity index (χ0n) is 20.8. The molecular weight excluding hydrogens is 500 g/mol. The molecule has 188 valence electrons. The number of hydrogen-bond donors (Lipinski definition) is 1. The number of benzene rings is 2. The number of nitrogens with one attached hydrogen (secondary N) is 1. The van der Waals surface area contributed by atoms with Crippen LogP contribution in [0.25, 0.3) is 0 Å². The van der Waals surface area contributed by atoms with E-state index in [9.17, 15) is 8.42 Å². The van der Waals surface area contributed by atoms with Crippen LogP contribution in [-0.2, 0) is 21.9 Å². The highest BCUT2D eigenvalue weighted by molar-refractivity contribution is 7.99. The van der Waals surface area contributed by atoms with Crippen molar-refractivity contribution in [3.8, 4) is 11.5 Å². The van der Waals surface area contributed by atoms with E-state index < -0.39 is 10.0 Å². The van der Waals surface area contributed by atoms with Crippen LogP contribution in [0.3, 0.4) is 0 Å². The lowest BCUT2D eigenvalue weighted by molar-refractivity contribution is 0.354. The van der Waals surface area contributed by atoms with Crippen LogP contribution < -0.4 is 14.2 Å². The topological polar surface area (TPSA) is 77.5 Å². The van der Waals surface area contributed by atoms with Gasteiger partial charge in [-0.15, -0.1) is 6.58 Å². The monoisotopic (exact) mass is 532 g/mol. The van der Waals surface area contributed by atoms with Gasteiger partial charge < -0.3 is 9.47 Å². The lowest BCUT2D eigenvalue weighted by Gasteiger charge is -2.19. The molecule has 3 rings (SSSR count). The van der Waals surface area contributed by atoms with Crippen molar-refractivity contribution < 1.29 is 17.9 Å². The molecule has 9 heteroatoms. The summed E-state index contributed by atoms with van der Waals surface area (Å²) in [5.74, 6) is 1.57. The van der Waals surface area contributed by atoms with Gasteiger partial charge in [-0.2, -0.15) is 4.37 Å². The van der Waals surface area contributed by atoms with Gasteiger partial charge in [0.25, 0.3) is 10.0 Å². The summed E-state index contributed by atoms with van der Waals surface area (Å²) >= 11 is 2.77. The lowest BCUT2D eigenvalue weighted by atomic mass is 9.87. The number of hydrogen-bond acceptors (Lipinski definition) is 7. The molecule has 0 aliphatic carbocycles. The lowest BCUT2D eigenvalue weighted by Crippen LogP contribution is -2.15. The first kappa shape index (κ1) is 27.1. The highest BCUT2D eigenvalue weighted by Crippen LogP contribution is 2.42. The van der Waals surface area contributed by atoms with Crippen molar-refractivity contribution >= 4 is 39.1 Å². The van der Waals surface area contributed by atoms with Crippen LogP contribution in [0.4, 0.5) is 5.82 Å². The van der Waals surface area contributed by atoms with Crippen molar-refractivity contribution in [1.29, 1.82) is 0 Å². The van der Waals surface area contributed by atoms with Gasteiger partial charge in [0, 0.05) is 9.77 Å². The zero-order valence-corrected chi connectivity index (χ0v) is 23.2. The number of sulfonamides is 1. The fourth-order valence-electron chi connectivity index (χ4n) is 3.37. The molecule has 0 amide bonds. The molecule has 2 aromatic carbocycles. The van der Waals surface area contributed by atoms with E-state index in [1.807, 2.05) is 36.4 Å². The van der Waals surface area contributed by atoms with Crippen LogP contribution in [0, 0.1) is 0 Å². The SMILES string of the molecule is C=CCCCc1snc(NS(=O)(=O)c2ccc(C(C)(C)C)cc2)c1Sc1ccc(OC)c(OC)c1. The Morgan fingerprint density at radius 1 is 1.09 bits per heavy atom. The molecule has 0 atom stereocenters. The predicted octanol–water partition coefficient (Wildman–Crippen LogP) is 6.92. The Kier molecular flexibility index (Phi) is 8.90. The summed E-state index contributed by atoms with van der Waals surface area (Å²) in [5, 5.41) is 0. The average Bonchev–Trinajstić information content (AvgIpc) is 3.18. The summed E-state index contributed by atoms with van der Waals surface area (Å²) < 4.78 is 44.4. The van der Waals surface area contributed by atoms with Crippen molar-refractivity contribution in [1.82, 2.24) is 4.37 Å². The van der Waals surface area contributed by atoms with E-state index in [-0.39, 0.29) is 10.3 Å². The van der Waals surface area contributed by atoms with E-state index in [1.54, 1.807) is 26.4 Å². The molecule has 0 radical (unpaired) electrons. The fourth-order valence-corrected chi connectivity index (χ4v) is 6.50. The normalized spacial score (nSPS) is 11.8. The van der Waals surface area contributed by atoms with Gasteiger partial charge in [-0.05, 0) is 72.1 Å². The molecule has 0 aliphatic rings. The van der Waals surface area contributed by atoms with Gasteiger partial charge in [-0.1, -0.05) is 50.7 Å². The van der Waals surface area contributed by atoms with Gasteiger partial charge in [-0.3, -0.25) is 4.72 Å². The Balaban J connectivity index is 1.93. The number of anilines is 1. The molecule has 3 aromatic rings. The van der Waals surface area contributed by atoms with Crippen molar-refractivity contribution in [2.24, 2.45) is 0 Å². The maximum atomic E-state index is 13.2. The van der Waals surface area contributed by atoms with Crippen LogP contribution in [0.5, 0.6) is 11.5 Å². The molecule has 1 aromatic heterocycles. The summed E-state index contributed by atoms with van der Waals surface area (Å²) in [6.07, 6.45) is 4.44. The number of methoxy groups -OCH3 is 2. The zero-order chi connectivity index (χ0) is 25.6. The smallest absolute Gasteiger partial charge is 0.263 e. The number of ether oxygens (including phenoxy) is 2. The maximum absolute atomic E-state index is 13.2. The van der Waals surface area contributed by atoms with E-state index in [1.165, 1.54) is 23.3 Å². The minimum absolute atomic E-state index is 0.0613. The van der Waals surface area contributed by atoms with Gasteiger partial charge in [0.1, 0.15) is 0 Å². The van der Waals surface area contributed by atoms with Crippen molar-refractivity contribution in [3.05, 3.63) is 65.6 Å². The van der Waals surface area contributed by atoms with Crippen LogP contribution in [0.2, 0.25) is 0 Å². The molecule has 0 saturated carbocycles. The molecule has 0 bridgehead atoms. The van der Waals surface area contributed by atoms with Crippen molar-refractivity contribution in [2.45, 2.75) is 60.1 Å². The third-order valence-electron chi connectivity index (χ3n) is 5.36. The van der Waals surface area contributed by atoms with Gasteiger partial charge in [0.15, 0.2) is 17.3 Å². The van der Waals surface area contributed by atoms with Crippen LogP contribution in [0.15, 0.2) is 69.8 Å². The molecule has 6 nitrogen and oxygen atoms in total. The Hall–Kier alpha value is -2.49. The van der Waals surface area contributed by atoms with E-state index in [0.717, 1.165) is 39.5 Å². The van der Waals surface area contributed by atoms with E-state index in [0.29, 0.717) is 17.3 Å². The largest absolute Gasteiger partial charge is 0.493 e. The average molecular weight is 533 g/mol. The minimum atomic E-state index is -3.81. The van der Waals surface area contributed by atoms with E-state index >= 15 is 0 Å². The van der Waals surface area contributed by atoms with E-state index in [2.05, 4.69) is 36.4 Å². The highest BCUT2D eigenvalue weighted by Gasteiger charge is 2.23. The van der Waals surface area contributed by atoms with Gasteiger partial charge in [-0.25, -0.2) is 8.42 Å². The Morgan fingerprint density at radius 2 is 1.77 bits per heavy atom. The first-order valence-corrected chi connectivity index (χ1v) is 14.3. The van der Waals surface area contributed by atoms with Crippen molar-refractivity contribution in [2.75, 3.05) is 18.9 Å². The summed E-state index contributed by atoms with van der Waals surface area (Å²) in [6.45, 7) is 10.1. The second-order valence-electron chi connectivity index (χ2n) is 8.96. The second-order valence-corrected chi connectivity index (χ2v) is 12.6. The molecule has 0 fully saturated rings. The molecule has 1 heterocycles. The highest BCUT2D eigenvalue weighted by atomic mass is 32.2. The minimum Gasteiger partial charge on any atom is -0.493 e. The fraction of sp³-hybridized carbons (Fsp3) is 0.346. The predicted molar refractivity (Wildman–Crippen MR) is 145 cm³/mol. The number of nitrogens with zero attached hydrogens (tertiary/aromatic N) is 1. The first-order valence-electron chi connectivity index (χ1n) is 11.2. The van der Waals surface area contributed by atoms with Crippen LogP contribution in [-0.4, -0.2) is 27.0 Å². The Labute approximate surface area is 217 Å². The molecule has 35 heavy (non-hydrogen) atoms. The quantitative estimate of drug-likeness (QED) is 0.213. The standard InChI is InChI=1S/C26H32N2O4S3/c1-7-8-9-10-23-24(33-19-13-16-21(31-5)22(17-19)32-6)25(27-34-23)28-35(29,30)20-14-11-18(12-15-20)26(2,3)4/h7,11-17H,1,8-10H2,2-6H3,(H,27,28). The summed E-state index contributed by atoms with van der Waals surface area (Å²) in [6, 6.07) is 12.6. The number of unbranched alkanes of at least 4 members (excludes halogenated alkanes) is 1. The number of aryl methyl sites for hydroxylation is 1. The molecule has 1 N–H and O–H groups in total. The number of allylic oxidation sites excluding steroid dienone is 1.